The van der Waals surface area contributed by atoms with E-state index in [2.05, 4.69) is 33.0 Å². The Kier molecular flexibility index (Phi) is 3.74. The predicted molar refractivity (Wildman–Crippen MR) is 55.9 cm³/mol. The van der Waals surface area contributed by atoms with Crippen molar-refractivity contribution in [3.63, 3.8) is 0 Å². The fourth-order valence-corrected chi connectivity index (χ4v) is 1.95. The highest BCUT2D eigenvalue weighted by Crippen LogP contribution is 2.28. The minimum Gasteiger partial charge on any atom is -0.372 e. The molecular formula is C11H23NO. The molecule has 1 aliphatic rings. The van der Waals surface area contributed by atoms with Gasteiger partial charge in [-0.25, -0.2) is 0 Å². The Morgan fingerprint density at radius 1 is 1.54 bits per heavy atom. The molecule has 2 unspecified atom stereocenters. The maximum atomic E-state index is 6.03. The van der Waals surface area contributed by atoms with E-state index in [0.29, 0.717) is 12.0 Å². The van der Waals surface area contributed by atoms with Gasteiger partial charge in [-0.05, 0) is 40.2 Å². The number of nitrogens with one attached hydrogen (secondary N) is 1. The van der Waals surface area contributed by atoms with E-state index in [0.717, 1.165) is 19.5 Å². The van der Waals surface area contributed by atoms with Crippen LogP contribution < -0.4 is 5.32 Å². The lowest BCUT2D eigenvalue weighted by Crippen LogP contribution is -2.38. The Morgan fingerprint density at radius 3 is 2.69 bits per heavy atom. The highest BCUT2D eigenvalue weighted by molar-refractivity contribution is 4.86. The van der Waals surface area contributed by atoms with Gasteiger partial charge < -0.3 is 10.1 Å². The van der Waals surface area contributed by atoms with E-state index in [1.807, 2.05) is 0 Å². The monoisotopic (exact) mass is 185 g/mol. The van der Waals surface area contributed by atoms with E-state index in [1.54, 1.807) is 0 Å². The van der Waals surface area contributed by atoms with Gasteiger partial charge in [0.25, 0.3) is 0 Å². The first kappa shape index (κ1) is 11.0. The second kappa shape index (κ2) is 4.43. The molecule has 1 aliphatic heterocycles. The lowest BCUT2D eigenvalue weighted by Gasteiger charge is -2.34. The third-order valence-electron chi connectivity index (χ3n) is 3.12. The van der Waals surface area contributed by atoms with Crippen LogP contribution in [-0.2, 0) is 4.74 Å². The molecular weight excluding hydrogens is 162 g/mol. The lowest BCUT2D eigenvalue weighted by molar-refractivity contribution is -0.0950. The van der Waals surface area contributed by atoms with Gasteiger partial charge in [0.05, 0.1) is 11.7 Å². The smallest absolute Gasteiger partial charge is 0.0670 e. The van der Waals surface area contributed by atoms with Crippen molar-refractivity contribution in [2.75, 3.05) is 13.1 Å². The molecule has 2 heteroatoms. The van der Waals surface area contributed by atoms with Gasteiger partial charge >= 0.3 is 0 Å². The molecule has 1 N–H and O–H groups in total. The first-order valence-corrected chi connectivity index (χ1v) is 5.44. The average Bonchev–Trinajstić information content (AvgIpc) is 2.55. The number of rotatable bonds is 4. The Bertz CT molecular complexity index is 150. The fourth-order valence-electron chi connectivity index (χ4n) is 1.95. The predicted octanol–water partition coefficient (Wildman–Crippen LogP) is 2.19. The highest BCUT2D eigenvalue weighted by atomic mass is 16.5. The summed E-state index contributed by atoms with van der Waals surface area (Å²) >= 11 is 0. The largest absolute Gasteiger partial charge is 0.372 e. The molecule has 0 radical (unpaired) electrons. The van der Waals surface area contributed by atoms with Crippen LogP contribution in [0.2, 0.25) is 0 Å². The second-order valence-electron chi connectivity index (χ2n) is 4.63. The SMILES string of the molecule is CCC(C)OC(C)(C)C1CCNC1. The number of hydrogen-bond donors (Lipinski definition) is 1. The molecule has 1 fully saturated rings. The van der Waals surface area contributed by atoms with Gasteiger partial charge in [0.15, 0.2) is 0 Å². The Balaban J connectivity index is 2.43. The number of ether oxygens (including phenoxy) is 1. The summed E-state index contributed by atoms with van der Waals surface area (Å²) in [6, 6.07) is 0. The average molecular weight is 185 g/mol. The van der Waals surface area contributed by atoms with E-state index in [1.165, 1.54) is 6.42 Å². The standard InChI is InChI=1S/C11H23NO/c1-5-9(2)13-11(3,4)10-6-7-12-8-10/h9-10,12H,5-8H2,1-4H3. The molecule has 0 aromatic carbocycles. The molecule has 78 valence electrons. The van der Waals surface area contributed by atoms with Crippen molar-refractivity contribution in [3.05, 3.63) is 0 Å². The van der Waals surface area contributed by atoms with Gasteiger partial charge in [0, 0.05) is 12.5 Å². The van der Waals surface area contributed by atoms with Crippen molar-refractivity contribution in [1.82, 2.24) is 5.32 Å². The summed E-state index contributed by atoms with van der Waals surface area (Å²) in [5.74, 6) is 0.682. The minimum atomic E-state index is 0.0406. The maximum absolute atomic E-state index is 6.03. The van der Waals surface area contributed by atoms with Crippen LogP contribution >= 0.6 is 0 Å². The summed E-state index contributed by atoms with van der Waals surface area (Å²) in [6.07, 6.45) is 2.74. The molecule has 1 saturated heterocycles. The quantitative estimate of drug-likeness (QED) is 0.725. The Hall–Kier alpha value is -0.0800. The molecule has 0 saturated carbocycles. The van der Waals surface area contributed by atoms with Crippen LogP contribution in [0.25, 0.3) is 0 Å². The fraction of sp³-hybridized carbons (Fsp3) is 1.00. The molecule has 13 heavy (non-hydrogen) atoms. The van der Waals surface area contributed by atoms with Gasteiger partial charge in [-0.3, -0.25) is 0 Å². The van der Waals surface area contributed by atoms with Crippen LogP contribution in [0.3, 0.4) is 0 Å². The summed E-state index contributed by atoms with van der Waals surface area (Å²) in [7, 11) is 0. The molecule has 2 nitrogen and oxygen atoms in total. The van der Waals surface area contributed by atoms with Crippen LogP contribution in [0.4, 0.5) is 0 Å². The van der Waals surface area contributed by atoms with Crippen molar-refractivity contribution >= 4 is 0 Å². The van der Waals surface area contributed by atoms with Crippen LogP contribution in [0.1, 0.15) is 40.5 Å². The van der Waals surface area contributed by atoms with E-state index < -0.39 is 0 Å². The molecule has 0 spiro atoms. The highest BCUT2D eigenvalue weighted by Gasteiger charge is 2.33. The zero-order valence-electron chi connectivity index (χ0n) is 9.39. The minimum absolute atomic E-state index is 0.0406. The van der Waals surface area contributed by atoms with Crippen molar-refractivity contribution in [1.29, 1.82) is 0 Å². The first-order chi connectivity index (χ1) is 6.06. The second-order valence-corrected chi connectivity index (χ2v) is 4.63. The number of hydrogen-bond acceptors (Lipinski definition) is 2. The zero-order valence-corrected chi connectivity index (χ0v) is 9.39. The van der Waals surface area contributed by atoms with Gasteiger partial charge in [0.2, 0.25) is 0 Å². The van der Waals surface area contributed by atoms with E-state index in [4.69, 9.17) is 4.74 Å². The third kappa shape index (κ3) is 2.96. The Labute approximate surface area is 82.0 Å². The van der Waals surface area contributed by atoms with Crippen LogP contribution in [0.15, 0.2) is 0 Å². The van der Waals surface area contributed by atoms with Crippen molar-refractivity contribution < 1.29 is 4.74 Å². The van der Waals surface area contributed by atoms with Gasteiger partial charge in [-0.1, -0.05) is 6.92 Å². The third-order valence-corrected chi connectivity index (χ3v) is 3.12. The summed E-state index contributed by atoms with van der Waals surface area (Å²) in [6.45, 7) is 11.0. The van der Waals surface area contributed by atoms with Gasteiger partial charge in [-0.2, -0.15) is 0 Å². The summed E-state index contributed by atoms with van der Waals surface area (Å²) in [4.78, 5) is 0. The zero-order chi connectivity index (χ0) is 9.90. The summed E-state index contributed by atoms with van der Waals surface area (Å²) in [5.41, 5.74) is 0.0406. The molecule has 0 bridgehead atoms. The van der Waals surface area contributed by atoms with Crippen molar-refractivity contribution in [3.8, 4) is 0 Å². The topological polar surface area (TPSA) is 21.3 Å². The summed E-state index contributed by atoms with van der Waals surface area (Å²) in [5, 5.41) is 3.39. The van der Waals surface area contributed by atoms with Crippen LogP contribution in [0, 0.1) is 5.92 Å². The molecule has 0 aromatic rings. The molecule has 1 heterocycles. The molecule has 0 aromatic heterocycles. The molecule has 1 rings (SSSR count). The van der Waals surface area contributed by atoms with Crippen LogP contribution in [0.5, 0.6) is 0 Å². The summed E-state index contributed by atoms with van der Waals surface area (Å²) < 4.78 is 6.03. The van der Waals surface area contributed by atoms with Crippen LogP contribution in [-0.4, -0.2) is 24.8 Å². The van der Waals surface area contributed by atoms with E-state index in [9.17, 15) is 0 Å². The molecule has 0 aliphatic carbocycles. The Morgan fingerprint density at radius 2 is 2.23 bits per heavy atom. The normalized spacial score (nSPS) is 26.3. The molecule has 0 amide bonds. The lowest BCUT2D eigenvalue weighted by atomic mass is 9.90. The van der Waals surface area contributed by atoms with E-state index in [-0.39, 0.29) is 5.60 Å². The maximum Gasteiger partial charge on any atom is 0.0670 e. The van der Waals surface area contributed by atoms with Gasteiger partial charge in [0.1, 0.15) is 0 Å². The molecule has 2 atom stereocenters. The first-order valence-electron chi connectivity index (χ1n) is 5.44. The van der Waals surface area contributed by atoms with E-state index >= 15 is 0 Å². The van der Waals surface area contributed by atoms with Crippen molar-refractivity contribution in [2.24, 2.45) is 5.92 Å². The van der Waals surface area contributed by atoms with Crippen molar-refractivity contribution in [2.45, 2.75) is 52.2 Å². The van der Waals surface area contributed by atoms with Gasteiger partial charge in [-0.15, -0.1) is 0 Å².